The molecule has 3 rings (SSSR count). The van der Waals surface area contributed by atoms with Crippen LogP contribution in [0, 0.1) is 6.92 Å². The average molecular weight is 287 g/mol. The standard InChI is InChI=1S/C15H15ClN4/c1-10-14(9-20(2)19-10)18-8-11-5-6-13(16)12-4-3-7-17-15(11)12/h3-7,9,18H,8H2,1-2H3. The SMILES string of the molecule is Cc1nn(C)cc1NCc1ccc(Cl)c2cccnc12. The molecule has 2 heterocycles. The summed E-state index contributed by atoms with van der Waals surface area (Å²) in [6.45, 7) is 2.68. The minimum absolute atomic E-state index is 0.692. The highest BCUT2D eigenvalue weighted by molar-refractivity contribution is 6.35. The van der Waals surface area contributed by atoms with Gasteiger partial charge in [0.2, 0.25) is 0 Å². The normalized spacial score (nSPS) is 10.9. The van der Waals surface area contributed by atoms with E-state index in [9.17, 15) is 0 Å². The Balaban J connectivity index is 1.92. The molecule has 0 aliphatic rings. The van der Waals surface area contributed by atoms with Crippen molar-refractivity contribution >= 4 is 28.2 Å². The topological polar surface area (TPSA) is 42.7 Å². The highest BCUT2D eigenvalue weighted by Crippen LogP contribution is 2.25. The van der Waals surface area contributed by atoms with E-state index in [0.717, 1.165) is 32.9 Å². The first kappa shape index (κ1) is 12.9. The smallest absolute Gasteiger partial charge is 0.0825 e. The van der Waals surface area contributed by atoms with Gasteiger partial charge in [-0.25, -0.2) is 0 Å². The van der Waals surface area contributed by atoms with Crippen LogP contribution in [0.1, 0.15) is 11.3 Å². The van der Waals surface area contributed by atoms with Crippen LogP contribution >= 0.6 is 11.6 Å². The molecule has 5 heteroatoms. The van der Waals surface area contributed by atoms with Crippen molar-refractivity contribution < 1.29 is 0 Å². The van der Waals surface area contributed by atoms with Crippen LogP contribution in [0.15, 0.2) is 36.7 Å². The molecular weight excluding hydrogens is 272 g/mol. The molecule has 2 aromatic heterocycles. The number of pyridine rings is 1. The lowest BCUT2D eigenvalue weighted by Gasteiger charge is -2.09. The second-order valence-corrected chi connectivity index (χ2v) is 5.17. The van der Waals surface area contributed by atoms with Crippen LogP contribution in [0.3, 0.4) is 0 Å². The first-order chi connectivity index (χ1) is 9.65. The summed E-state index contributed by atoms with van der Waals surface area (Å²) >= 11 is 6.20. The molecule has 0 radical (unpaired) electrons. The number of hydrogen-bond donors (Lipinski definition) is 1. The first-order valence-electron chi connectivity index (χ1n) is 6.41. The van der Waals surface area contributed by atoms with Gasteiger partial charge in [-0.3, -0.25) is 9.67 Å². The van der Waals surface area contributed by atoms with E-state index >= 15 is 0 Å². The van der Waals surface area contributed by atoms with Crippen molar-refractivity contribution in [3.63, 3.8) is 0 Å². The van der Waals surface area contributed by atoms with Crippen LogP contribution in [0.25, 0.3) is 10.9 Å². The van der Waals surface area contributed by atoms with E-state index in [2.05, 4.69) is 15.4 Å². The Morgan fingerprint density at radius 1 is 1.30 bits per heavy atom. The molecule has 0 spiro atoms. The second-order valence-electron chi connectivity index (χ2n) is 4.76. The molecule has 0 aliphatic heterocycles. The third-order valence-electron chi connectivity index (χ3n) is 3.28. The molecule has 0 saturated heterocycles. The van der Waals surface area contributed by atoms with Gasteiger partial charge < -0.3 is 5.32 Å². The molecule has 1 N–H and O–H groups in total. The number of aryl methyl sites for hydroxylation is 2. The van der Waals surface area contributed by atoms with Gasteiger partial charge in [0.1, 0.15) is 0 Å². The monoisotopic (exact) mass is 286 g/mol. The Bertz CT molecular complexity index is 764. The van der Waals surface area contributed by atoms with E-state index in [1.165, 1.54) is 0 Å². The lowest BCUT2D eigenvalue weighted by atomic mass is 10.1. The van der Waals surface area contributed by atoms with E-state index in [-0.39, 0.29) is 0 Å². The van der Waals surface area contributed by atoms with Crippen molar-refractivity contribution in [2.75, 3.05) is 5.32 Å². The van der Waals surface area contributed by atoms with Crippen LogP contribution in [0.5, 0.6) is 0 Å². The van der Waals surface area contributed by atoms with Crippen LogP contribution < -0.4 is 5.32 Å². The van der Waals surface area contributed by atoms with Crippen LogP contribution in [0.2, 0.25) is 5.02 Å². The number of anilines is 1. The van der Waals surface area contributed by atoms with E-state index in [1.807, 2.05) is 44.4 Å². The fraction of sp³-hybridized carbons (Fsp3) is 0.200. The zero-order chi connectivity index (χ0) is 14.1. The van der Waals surface area contributed by atoms with Crippen molar-refractivity contribution in [3.05, 3.63) is 52.9 Å². The summed E-state index contributed by atoms with van der Waals surface area (Å²) in [6, 6.07) is 7.81. The minimum Gasteiger partial charge on any atom is -0.378 e. The highest BCUT2D eigenvalue weighted by Gasteiger charge is 2.07. The highest BCUT2D eigenvalue weighted by atomic mass is 35.5. The second kappa shape index (κ2) is 5.13. The van der Waals surface area contributed by atoms with Crippen molar-refractivity contribution in [1.82, 2.24) is 14.8 Å². The third kappa shape index (κ3) is 2.34. The Kier molecular flexibility index (Phi) is 3.32. The van der Waals surface area contributed by atoms with Crippen LogP contribution in [-0.4, -0.2) is 14.8 Å². The van der Waals surface area contributed by atoms with Gasteiger partial charge in [-0.2, -0.15) is 5.10 Å². The molecule has 0 unspecified atom stereocenters. The van der Waals surface area contributed by atoms with Gasteiger partial charge in [-0.1, -0.05) is 17.7 Å². The molecule has 4 nitrogen and oxygen atoms in total. The Morgan fingerprint density at radius 3 is 2.90 bits per heavy atom. The van der Waals surface area contributed by atoms with Gasteiger partial charge in [0.15, 0.2) is 0 Å². The number of fused-ring (bicyclic) bond motifs is 1. The molecule has 0 amide bonds. The lowest BCUT2D eigenvalue weighted by Crippen LogP contribution is -2.01. The molecule has 102 valence electrons. The summed E-state index contributed by atoms with van der Waals surface area (Å²) in [7, 11) is 1.91. The predicted octanol–water partition coefficient (Wildman–Crippen LogP) is 3.54. The fourth-order valence-electron chi connectivity index (χ4n) is 2.30. The maximum absolute atomic E-state index is 6.20. The van der Waals surface area contributed by atoms with Gasteiger partial charge in [-0.05, 0) is 30.7 Å². The van der Waals surface area contributed by atoms with Gasteiger partial charge in [0, 0.05) is 36.4 Å². The third-order valence-corrected chi connectivity index (χ3v) is 3.61. The maximum Gasteiger partial charge on any atom is 0.0825 e. The first-order valence-corrected chi connectivity index (χ1v) is 6.79. The lowest BCUT2D eigenvalue weighted by molar-refractivity contribution is 0.756. The zero-order valence-corrected chi connectivity index (χ0v) is 12.1. The van der Waals surface area contributed by atoms with Crippen molar-refractivity contribution in [2.45, 2.75) is 13.5 Å². The van der Waals surface area contributed by atoms with Gasteiger partial charge in [0.05, 0.1) is 16.9 Å². The number of nitrogens with one attached hydrogen (secondary N) is 1. The largest absolute Gasteiger partial charge is 0.378 e. The summed E-state index contributed by atoms with van der Waals surface area (Å²) in [5, 5.41) is 9.43. The number of aromatic nitrogens is 3. The van der Waals surface area contributed by atoms with E-state index in [0.29, 0.717) is 6.54 Å². The number of nitrogens with zero attached hydrogens (tertiary/aromatic N) is 3. The van der Waals surface area contributed by atoms with Crippen LogP contribution in [0.4, 0.5) is 5.69 Å². The van der Waals surface area contributed by atoms with E-state index in [1.54, 1.807) is 10.9 Å². The van der Waals surface area contributed by atoms with E-state index < -0.39 is 0 Å². The fourth-order valence-corrected chi connectivity index (χ4v) is 2.52. The van der Waals surface area contributed by atoms with Crippen molar-refractivity contribution in [2.24, 2.45) is 7.05 Å². The summed E-state index contributed by atoms with van der Waals surface area (Å²) in [5.74, 6) is 0. The summed E-state index contributed by atoms with van der Waals surface area (Å²) in [6.07, 6.45) is 3.76. The number of hydrogen-bond acceptors (Lipinski definition) is 3. The molecule has 0 saturated carbocycles. The van der Waals surface area contributed by atoms with Crippen molar-refractivity contribution in [1.29, 1.82) is 0 Å². The molecule has 0 aliphatic carbocycles. The van der Waals surface area contributed by atoms with Crippen molar-refractivity contribution in [3.8, 4) is 0 Å². The number of halogens is 1. The Morgan fingerprint density at radius 2 is 2.15 bits per heavy atom. The number of benzene rings is 1. The summed E-state index contributed by atoms with van der Waals surface area (Å²) in [5.41, 5.74) is 4.08. The summed E-state index contributed by atoms with van der Waals surface area (Å²) in [4.78, 5) is 4.44. The molecule has 1 aromatic carbocycles. The molecule has 3 aromatic rings. The Hall–Kier alpha value is -2.07. The molecule has 0 bridgehead atoms. The average Bonchev–Trinajstić information content (AvgIpc) is 2.77. The van der Waals surface area contributed by atoms with Gasteiger partial charge in [0.25, 0.3) is 0 Å². The zero-order valence-electron chi connectivity index (χ0n) is 11.4. The molecule has 20 heavy (non-hydrogen) atoms. The molecule has 0 fully saturated rings. The maximum atomic E-state index is 6.20. The van der Waals surface area contributed by atoms with Gasteiger partial charge in [-0.15, -0.1) is 0 Å². The molecule has 0 atom stereocenters. The number of rotatable bonds is 3. The predicted molar refractivity (Wildman–Crippen MR) is 82.0 cm³/mol. The van der Waals surface area contributed by atoms with E-state index in [4.69, 9.17) is 11.6 Å². The van der Waals surface area contributed by atoms with Crippen LogP contribution in [-0.2, 0) is 13.6 Å². The Labute approximate surface area is 122 Å². The van der Waals surface area contributed by atoms with Gasteiger partial charge >= 0.3 is 0 Å². The summed E-state index contributed by atoms with van der Waals surface area (Å²) < 4.78 is 1.80. The minimum atomic E-state index is 0.692. The quantitative estimate of drug-likeness (QED) is 0.801. The molecular formula is C15H15ClN4.